The van der Waals surface area contributed by atoms with Crippen molar-refractivity contribution in [3.05, 3.63) is 33.7 Å². The Morgan fingerprint density at radius 3 is 2.87 bits per heavy atom. The number of fused-ring (bicyclic) bond motifs is 1. The molecule has 2 aliphatic heterocycles. The van der Waals surface area contributed by atoms with E-state index in [1.54, 1.807) is 16.7 Å². The topological polar surface area (TPSA) is 53.2 Å². The van der Waals surface area contributed by atoms with Gasteiger partial charge in [-0.1, -0.05) is 18.7 Å². The summed E-state index contributed by atoms with van der Waals surface area (Å²) in [6, 6.07) is 1.66. The number of aliphatic imine (C=N–C) groups is 1. The van der Waals surface area contributed by atoms with E-state index in [9.17, 15) is 4.79 Å². The molecule has 1 unspecified atom stereocenters. The van der Waals surface area contributed by atoms with Gasteiger partial charge in [-0.3, -0.25) is 19.1 Å². The van der Waals surface area contributed by atoms with Crippen molar-refractivity contribution in [3.8, 4) is 0 Å². The van der Waals surface area contributed by atoms with Gasteiger partial charge in [0.15, 0.2) is 10.1 Å². The molecule has 122 valence electrons. The zero-order chi connectivity index (χ0) is 15.8. The standard InChI is InChI=1S/C15H19N5OS2/c1-11-9-16-14(23-11)19-4-2-18(3-5-19)10-12-8-13(21)20-6-7-22-15(20)17-12/h6-8,11H,2-5,9-10H2,1H3. The highest BCUT2D eigenvalue weighted by Crippen LogP contribution is 2.23. The summed E-state index contributed by atoms with van der Waals surface area (Å²) in [6.45, 7) is 7.88. The highest BCUT2D eigenvalue weighted by atomic mass is 32.2. The Morgan fingerprint density at radius 1 is 1.30 bits per heavy atom. The molecule has 0 aromatic carbocycles. The predicted molar refractivity (Wildman–Crippen MR) is 95.5 cm³/mol. The van der Waals surface area contributed by atoms with Gasteiger partial charge in [0.25, 0.3) is 5.56 Å². The van der Waals surface area contributed by atoms with Crippen LogP contribution >= 0.6 is 23.1 Å². The quantitative estimate of drug-likeness (QED) is 0.820. The maximum Gasteiger partial charge on any atom is 0.258 e. The molecule has 1 atom stereocenters. The van der Waals surface area contributed by atoms with Gasteiger partial charge in [-0.2, -0.15) is 0 Å². The van der Waals surface area contributed by atoms with Crippen LogP contribution in [0.15, 0.2) is 27.4 Å². The second-order valence-corrected chi connectivity index (χ2v) is 8.23. The molecule has 0 spiro atoms. The van der Waals surface area contributed by atoms with Crippen LogP contribution in [0.1, 0.15) is 12.6 Å². The van der Waals surface area contributed by atoms with E-state index in [0.717, 1.165) is 49.9 Å². The molecule has 4 rings (SSSR count). The molecule has 2 aliphatic rings. The average molecular weight is 349 g/mol. The monoisotopic (exact) mass is 349 g/mol. The predicted octanol–water partition coefficient (Wildman–Crippen LogP) is 1.36. The van der Waals surface area contributed by atoms with E-state index in [2.05, 4.69) is 26.7 Å². The SMILES string of the molecule is CC1CN=C(N2CCN(Cc3cc(=O)n4ccsc4n3)CC2)S1. The van der Waals surface area contributed by atoms with E-state index >= 15 is 0 Å². The maximum atomic E-state index is 12.0. The van der Waals surface area contributed by atoms with Crippen LogP contribution < -0.4 is 5.56 Å². The first-order valence-corrected chi connectivity index (χ1v) is 9.59. The summed E-state index contributed by atoms with van der Waals surface area (Å²) in [7, 11) is 0. The van der Waals surface area contributed by atoms with E-state index in [0.29, 0.717) is 5.25 Å². The van der Waals surface area contributed by atoms with Crippen molar-refractivity contribution in [3.63, 3.8) is 0 Å². The number of piperazine rings is 1. The van der Waals surface area contributed by atoms with Crippen LogP contribution in [0.25, 0.3) is 4.96 Å². The Bertz CT molecular complexity index is 791. The molecular weight excluding hydrogens is 330 g/mol. The van der Waals surface area contributed by atoms with Crippen LogP contribution in [0.4, 0.5) is 0 Å². The normalized spacial score (nSPS) is 22.7. The lowest BCUT2D eigenvalue weighted by atomic mass is 10.3. The first-order valence-electron chi connectivity index (χ1n) is 7.83. The highest BCUT2D eigenvalue weighted by Gasteiger charge is 2.24. The minimum absolute atomic E-state index is 0.00980. The summed E-state index contributed by atoms with van der Waals surface area (Å²) in [6.07, 6.45) is 1.78. The number of rotatable bonds is 2. The summed E-state index contributed by atoms with van der Waals surface area (Å²) < 4.78 is 1.60. The lowest BCUT2D eigenvalue weighted by Gasteiger charge is -2.35. The number of amidine groups is 1. The fraction of sp³-hybridized carbons (Fsp3) is 0.533. The molecule has 2 aromatic heterocycles. The highest BCUT2D eigenvalue weighted by molar-refractivity contribution is 8.14. The first kappa shape index (κ1) is 15.2. The molecule has 0 bridgehead atoms. The molecule has 23 heavy (non-hydrogen) atoms. The second kappa shape index (κ2) is 6.26. The van der Waals surface area contributed by atoms with E-state index in [1.165, 1.54) is 16.5 Å². The van der Waals surface area contributed by atoms with Crippen LogP contribution in [-0.4, -0.2) is 62.3 Å². The van der Waals surface area contributed by atoms with E-state index in [4.69, 9.17) is 0 Å². The van der Waals surface area contributed by atoms with Crippen molar-refractivity contribution < 1.29 is 0 Å². The zero-order valence-electron chi connectivity index (χ0n) is 13.0. The fourth-order valence-corrected chi connectivity index (χ4v) is 4.66. The van der Waals surface area contributed by atoms with Crippen molar-refractivity contribution in [1.29, 1.82) is 0 Å². The summed E-state index contributed by atoms with van der Waals surface area (Å²) in [5, 5.41) is 3.71. The van der Waals surface area contributed by atoms with Crippen molar-refractivity contribution in [2.45, 2.75) is 18.7 Å². The number of hydrogen-bond donors (Lipinski definition) is 0. The second-order valence-electron chi connectivity index (χ2n) is 5.96. The van der Waals surface area contributed by atoms with E-state index in [-0.39, 0.29) is 5.56 Å². The van der Waals surface area contributed by atoms with Crippen molar-refractivity contribution in [2.75, 3.05) is 32.7 Å². The number of thiazole rings is 1. The minimum Gasteiger partial charge on any atom is -0.349 e. The molecule has 0 radical (unpaired) electrons. The fourth-order valence-electron chi connectivity index (χ4n) is 2.93. The smallest absolute Gasteiger partial charge is 0.258 e. The third-order valence-electron chi connectivity index (χ3n) is 4.17. The van der Waals surface area contributed by atoms with Gasteiger partial charge in [0.05, 0.1) is 12.2 Å². The molecule has 2 aromatic rings. The largest absolute Gasteiger partial charge is 0.349 e. The Morgan fingerprint density at radius 2 is 2.13 bits per heavy atom. The number of hydrogen-bond acceptors (Lipinski definition) is 7. The number of nitrogens with zero attached hydrogens (tertiary/aromatic N) is 5. The summed E-state index contributed by atoms with van der Waals surface area (Å²) in [4.78, 5) is 26.8. The molecule has 0 aliphatic carbocycles. The Labute approximate surface area is 142 Å². The average Bonchev–Trinajstić information content (AvgIpc) is 3.17. The van der Waals surface area contributed by atoms with Crippen molar-refractivity contribution >= 4 is 33.2 Å². The summed E-state index contributed by atoms with van der Waals surface area (Å²) in [5.41, 5.74) is 0.877. The number of aromatic nitrogens is 2. The lowest BCUT2D eigenvalue weighted by molar-refractivity contribution is 0.176. The van der Waals surface area contributed by atoms with Crippen molar-refractivity contribution in [1.82, 2.24) is 19.2 Å². The molecule has 4 heterocycles. The Kier molecular flexibility index (Phi) is 4.13. The lowest BCUT2D eigenvalue weighted by Crippen LogP contribution is -2.47. The first-order chi connectivity index (χ1) is 11.2. The summed E-state index contributed by atoms with van der Waals surface area (Å²) in [5.74, 6) is 0. The van der Waals surface area contributed by atoms with Gasteiger partial charge >= 0.3 is 0 Å². The minimum atomic E-state index is 0.00980. The molecule has 1 fully saturated rings. The van der Waals surface area contributed by atoms with Crippen LogP contribution in [0, 0.1) is 0 Å². The molecular formula is C15H19N5OS2. The third kappa shape index (κ3) is 3.15. The molecule has 6 nitrogen and oxygen atoms in total. The van der Waals surface area contributed by atoms with Crippen molar-refractivity contribution in [2.24, 2.45) is 4.99 Å². The van der Waals surface area contributed by atoms with Gasteiger partial charge in [-0.15, -0.1) is 11.3 Å². The van der Waals surface area contributed by atoms with E-state index in [1.807, 2.05) is 17.1 Å². The molecule has 8 heteroatoms. The van der Waals surface area contributed by atoms with Crippen LogP contribution in [0.2, 0.25) is 0 Å². The van der Waals surface area contributed by atoms with Gasteiger partial charge in [0.2, 0.25) is 0 Å². The molecule has 0 amide bonds. The van der Waals surface area contributed by atoms with Crippen LogP contribution in [-0.2, 0) is 6.54 Å². The third-order valence-corrected chi connectivity index (χ3v) is 6.08. The van der Waals surface area contributed by atoms with Gasteiger partial charge in [-0.25, -0.2) is 4.98 Å². The zero-order valence-corrected chi connectivity index (χ0v) is 14.6. The molecule has 0 saturated carbocycles. The number of thioether (sulfide) groups is 1. The van der Waals surface area contributed by atoms with Crippen LogP contribution in [0.5, 0.6) is 0 Å². The Balaban J connectivity index is 1.39. The maximum absolute atomic E-state index is 12.0. The van der Waals surface area contributed by atoms with Gasteiger partial charge < -0.3 is 4.90 Å². The van der Waals surface area contributed by atoms with Gasteiger partial charge in [-0.05, 0) is 0 Å². The van der Waals surface area contributed by atoms with Gasteiger partial charge in [0.1, 0.15) is 0 Å². The molecule has 1 saturated heterocycles. The molecule has 0 N–H and O–H groups in total. The van der Waals surface area contributed by atoms with E-state index < -0.39 is 0 Å². The summed E-state index contributed by atoms with van der Waals surface area (Å²) >= 11 is 3.39. The van der Waals surface area contributed by atoms with Gasteiger partial charge in [0, 0.05) is 55.6 Å². The Hall–Kier alpha value is -1.38. The van der Waals surface area contributed by atoms with Crippen LogP contribution in [0.3, 0.4) is 0 Å².